The van der Waals surface area contributed by atoms with Crippen LogP contribution >= 0.6 is 11.8 Å². The molecule has 0 aromatic carbocycles. The van der Waals surface area contributed by atoms with E-state index in [0.29, 0.717) is 5.69 Å². The molecule has 2 aliphatic rings. The lowest BCUT2D eigenvalue weighted by molar-refractivity contribution is 0.589. The van der Waals surface area contributed by atoms with Crippen molar-refractivity contribution < 1.29 is 0 Å². The number of nitrogens with one attached hydrogen (secondary N) is 1. The molecule has 0 radical (unpaired) electrons. The number of aromatic nitrogens is 2. The Bertz CT molecular complexity index is 458. The van der Waals surface area contributed by atoms with Crippen LogP contribution in [0.5, 0.6) is 0 Å². The Morgan fingerprint density at radius 1 is 1.00 bits per heavy atom. The normalized spacial score (nSPS) is 19.2. The Labute approximate surface area is 98.7 Å². The molecule has 5 nitrogen and oxygen atoms in total. The fraction of sp³-hybridized carbons (Fsp3) is 0.700. The summed E-state index contributed by atoms with van der Waals surface area (Å²) >= 11 is 5.68. The van der Waals surface area contributed by atoms with Crippen molar-refractivity contribution in [3.63, 3.8) is 0 Å². The molecular weight excluding hydrogens is 228 g/mol. The average molecular weight is 243 g/mol. The highest BCUT2D eigenvalue weighted by atomic mass is 35.5. The summed E-state index contributed by atoms with van der Waals surface area (Å²) in [6, 6.07) is 0. The van der Waals surface area contributed by atoms with Gasteiger partial charge in [0, 0.05) is 38.0 Å². The number of anilines is 2. The molecule has 3 rings (SSSR count). The summed E-state index contributed by atoms with van der Waals surface area (Å²) in [6.45, 7) is 3.77. The molecule has 0 saturated carbocycles. The minimum atomic E-state index is 0.00870. The molecule has 0 amide bonds. The average Bonchev–Trinajstić information content (AvgIpc) is 2.96. The lowest BCUT2D eigenvalue weighted by Gasteiger charge is -2.19. The largest absolute Gasteiger partial charge is 0.355 e. The van der Waals surface area contributed by atoms with Crippen molar-refractivity contribution >= 4 is 23.3 Å². The summed E-state index contributed by atoms with van der Waals surface area (Å²) in [6.07, 6.45) is 3.43. The summed E-state index contributed by atoms with van der Waals surface area (Å²) in [4.78, 5) is 16.8. The zero-order valence-electron chi connectivity index (χ0n) is 9.08. The maximum Gasteiger partial charge on any atom is 0.293 e. The second-order valence-electron chi connectivity index (χ2n) is 4.39. The molecule has 2 aliphatic heterocycles. The van der Waals surface area contributed by atoms with E-state index in [-0.39, 0.29) is 5.56 Å². The van der Waals surface area contributed by atoms with Crippen LogP contribution in [0, 0.1) is 0 Å². The zero-order chi connectivity index (χ0) is 11.1. The molecule has 1 saturated heterocycles. The molecule has 6 heteroatoms. The highest BCUT2D eigenvalue weighted by molar-refractivity contribution is 6.24. The topological polar surface area (TPSA) is 42.2 Å². The Balaban J connectivity index is 2.14. The molecule has 1 fully saturated rings. The zero-order valence-corrected chi connectivity index (χ0v) is 9.83. The van der Waals surface area contributed by atoms with Crippen molar-refractivity contribution in [2.45, 2.75) is 32.4 Å². The minimum Gasteiger partial charge on any atom is -0.355 e. The van der Waals surface area contributed by atoms with Gasteiger partial charge in [-0.1, -0.05) is 0 Å². The quantitative estimate of drug-likeness (QED) is 0.793. The summed E-state index contributed by atoms with van der Waals surface area (Å²) in [5.41, 5.74) is 0.553. The second-order valence-corrected chi connectivity index (χ2v) is 4.58. The van der Waals surface area contributed by atoms with E-state index in [9.17, 15) is 4.79 Å². The van der Waals surface area contributed by atoms with Gasteiger partial charge >= 0.3 is 0 Å². The minimum absolute atomic E-state index is 0.00870. The third kappa shape index (κ3) is 1.27. The van der Waals surface area contributed by atoms with Gasteiger partial charge in [0.05, 0.1) is 0 Å². The predicted molar refractivity (Wildman–Crippen MR) is 64.2 cm³/mol. The molecular formula is C10H15ClN4O. The molecule has 0 unspecified atom stereocenters. The third-order valence-electron chi connectivity index (χ3n) is 3.45. The van der Waals surface area contributed by atoms with Crippen LogP contribution in [0.15, 0.2) is 4.79 Å². The number of halogens is 1. The summed E-state index contributed by atoms with van der Waals surface area (Å²) in [7, 11) is 0. The molecule has 88 valence electrons. The number of rotatable bonds is 2. The van der Waals surface area contributed by atoms with Crippen molar-refractivity contribution in [3.8, 4) is 0 Å². The van der Waals surface area contributed by atoms with E-state index >= 15 is 0 Å². The molecule has 1 N–H and O–H groups in total. The van der Waals surface area contributed by atoms with Crippen molar-refractivity contribution in [2.24, 2.45) is 0 Å². The van der Waals surface area contributed by atoms with E-state index < -0.39 is 0 Å². The van der Waals surface area contributed by atoms with Crippen molar-refractivity contribution in [1.29, 1.82) is 0 Å². The molecule has 0 atom stereocenters. The van der Waals surface area contributed by atoms with E-state index in [1.807, 2.05) is 0 Å². The van der Waals surface area contributed by atoms with E-state index in [1.165, 1.54) is 12.8 Å². The van der Waals surface area contributed by atoms with Gasteiger partial charge in [0.1, 0.15) is 0 Å². The van der Waals surface area contributed by atoms with E-state index in [4.69, 9.17) is 11.8 Å². The molecule has 0 spiro atoms. The maximum atomic E-state index is 12.0. The Morgan fingerprint density at radius 3 is 2.38 bits per heavy atom. The number of fused-ring (bicyclic) bond motifs is 1. The van der Waals surface area contributed by atoms with Crippen LogP contribution in [0.4, 0.5) is 11.5 Å². The van der Waals surface area contributed by atoms with Crippen LogP contribution < -0.4 is 15.3 Å². The lowest BCUT2D eigenvalue weighted by atomic mass is 10.4. The van der Waals surface area contributed by atoms with Crippen molar-refractivity contribution in [1.82, 2.24) is 9.36 Å². The molecule has 1 aromatic heterocycles. The second kappa shape index (κ2) is 3.73. The highest BCUT2D eigenvalue weighted by Crippen LogP contribution is 2.29. The fourth-order valence-electron chi connectivity index (χ4n) is 2.73. The van der Waals surface area contributed by atoms with Crippen LogP contribution in [0.3, 0.4) is 0 Å². The van der Waals surface area contributed by atoms with Crippen molar-refractivity contribution in [3.05, 3.63) is 10.4 Å². The lowest BCUT2D eigenvalue weighted by Crippen LogP contribution is -2.22. The summed E-state index contributed by atoms with van der Waals surface area (Å²) < 4.78 is 3.86. The van der Waals surface area contributed by atoms with Gasteiger partial charge in [-0.15, -0.1) is 0 Å². The van der Waals surface area contributed by atoms with E-state index in [2.05, 4.69) is 14.4 Å². The molecule has 0 aliphatic carbocycles. The Kier molecular flexibility index (Phi) is 2.35. The monoisotopic (exact) mass is 242 g/mol. The van der Waals surface area contributed by atoms with Gasteiger partial charge in [-0.05, 0) is 19.3 Å². The van der Waals surface area contributed by atoms with Crippen LogP contribution in [0.25, 0.3) is 0 Å². The smallest absolute Gasteiger partial charge is 0.293 e. The molecule has 0 bridgehead atoms. The van der Waals surface area contributed by atoms with E-state index in [1.54, 1.807) is 4.68 Å². The third-order valence-corrected chi connectivity index (χ3v) is 3.64. The first-order chi connectivity index (χ1) is 7.83. The first-order valence-electron chi connectivity index (χ1n) is 5.78. The number of hydrogen-bond donors (Lipinski definition) is 1. The first-order valence-corrected chi connectivity index (χ1v) is 6.16. The van der Waals surface area contributed by atoms with Crippen LogP contribution in [-0.4, -0.2) is 22.5 Å². The van der Waals surface area contributed by atoms with E-state index in [0.717, 1.165) is 38.4 Å². The van der Waals surface area contributed by atoms with Gasteiger partial charge in [-0.2, -0.15) is 0 Å². The van der Waals surface area contributed by atoms with Gasteiger partial charge in [-0.25, -0.2) is 4.68 Å². The van der Waals surface area contributed by atoms with Crippen LogP contribution in [0.1, 0.15) is 19.3 Å². The SMILES string of the molecule is O=c1c(NCl)c(N2CCCC2)n2n1CCC2. The molecule has 3 heterocycles. The van der Waals surface area contributed by atoms with Gasteiger partial charge in [0.25, 0.3) is 5.56 Å². The van der Waals surface area contributed by atoms with Gasteiger partial charge in [0.15, 0.2) is 11.5 Å². The Morgan fingerprint density at radius 2 is 1.69 bits per heavy atom. The van der Waals surface area contributed by atoms with Crippen molar-refractivity contribution in [2.75, 3.05) is 22.8 Å². The standard InChI is InChI=1S/C10H15ClN4O/c11-12-8-9(13-4-1-2-5-13)14-6-3-7-15(14)10(8)16/h12H,1-7H2. The maximum absolute atomic E-state index is 12.0. The predicted octanol–water partition coefficient (Wildman–Crippen LogP) is 1.22. The van der Waals surface area contributed by atoms with Crippen LogP contribution in [0.2, 0.25) is 0 Å². The first kappa shape index (κ1) is 10.1. The van der Waals surface area contributed by atoms with Gasteiger partial charge < -0.3 is 4.90 Å². The highest BCUT2D eigenvalue weighted by Gasteiger charge is 2.28. The van der Waals surface area contributed by atoms with Gasteiger partial charge in [-0.3, -0.25) is 14.3 Å². The number of nitrogens with zero attached hydrogens (tertiary/aromatic N) is 3. The number of hydrogen-bond acceptors (Lipinski definition) is 3. The van der Waals surface area contributed by atoms with Crippen LogP contribution in [-0.2, 0) is 13.1 Å². The Hall–Kier alpha value is -1.10. The van der Waals surface area contributed by atoms with Gasteiger partial charge in [0.2, 0.25) is 0 Å². The summed E-state index contributed by atoms with van der Waals surface area (Å²) in [5.74, 6) is 0.981. The summed E-state index contributed by atoms with van der Waals surface area (Å²) in [5, 5.41) is 0. The fourth-order valence-corrected chi connectivity index (χ4v) is 2.90. The molecule has 16 heavy (non-hydrogen) atoms. The molecule has 1 aromatic rings.